The average molecular weight is 322 g/mol. The fraction of sp³-hybridized carbons (Fsp3) is 0.385. The standard InChI is InChI=1S/C13H17F2N3O2.ClH/c1-7(16)3-4-13(20)18-12-6-10(15)9(14)5-11(12)17-8(2)19;/h5-7H,3-4,16H2,1-2H3,(H,17,19)(H,18,20);1H. The third-order valence-corrected chi connectivity index (χ3v) is 2.47. The normalized spacial score (nSPS) is 11.3. The lowest BCUT2D eigenvalue weighted by Crippen LogP contribution is -2.20. The SMILES string of the molecule is CC(=O)Nc1cc(F)c(F)cc1NC(=O)CCC(C)N.Cl. The molecular weight excluding hydrogens is 304 g/mol. The molecule has 21 heavy (non-hydrogen) atoms. The minimum absolute atomic E-state index is 0. The summed E-state index contributed by atoms with van der Waals surface area (Å²) in [5.74, 6) is -3.06. The van der Waals surface area contributed by atoms with E-state index in [0.29, 0.717) is 6.42 Å². The van der Waals surface area contributed by atoms with Gasteiger partial charge in [-0.05, 0) is 13.3 Å². The summed E-state index contributed by atoms with van der Waals surface area (Å²) in [5, 5.41) is 4.75. The van der Waals surface area contributed by atoms with E-state index < -0.39 is 17.5 Å². The fourth-order valence-electron chi connectivity index (χ4n) is 1.51. The second-order valence-corrected chi connectivity index (χ2v) is 4.56. The monoisotopic (exact) mass is 321 g/mol. The van der Waals surface area contributed by atoms with Crippen LogP contribution in [0.3, 0.4) is 0 Å². The Bertz CT molecular complexity index is 524. The number of nitrogens with one attached hydrogen (secondary N) is 2. The van der Waals surface area contributed by atoms with Gasteiger partial charge in [-0.15, -0.1) is 12.4 Å². The highest BCUT2D eigenvalue weighted by Gasteiger charge is 2.13. The van der Waals surface area contributed by atoms with Crippen molar-refractivity contribution in [3.8, 4) is 0 Å². The Labute approximate surface area is 127 Å². The van der Waals surface area contributed by atoms with E-state index in [0.717, 1.165) is 12.1 Å². The third kappa shape index (κ3) is 6.50. The number of rotatable bonds is 5. The number of carbonyl (C=O) groups excluding carboxylic acids is 2. The van der Waals surface area contributed by atoms with Gasteiger partial charge >= 0.3 is 0 Å². The summed E-state index contributed by atoms with van der Waals surface area (Å²) in [6.07, 6.45) is 0.612. The largest absolute Gasteiger partial charge is 0.328 e. The van der Waals surface area contributed by atoms with Gasteiger partial charge in [-0.2, -0.15) is 0 Å². The second kappa shape index (κ2) is 8.53. The number of amides is 2. The Kier molecular flexibility index (Phi) is 7.83. The summed E-state index contributed by atoms with van der Waals surface area (Å²) < 4.78 is 26.3. The van der Waals surface area contributed by atoms with Crippen LogP contribution in [0.2, 0.25) is 0 Å². The Morgan fingerprint density at radius 2 is 1.67 bits per heavy atom. The lowest BCUT2D eigenvalue weighted by atomic mass is 10.2. The van der Waals surface area contributed by atoms with Gasteiger partial charge in [0.1, 0.15) is 0 Å². The van der Waals surface area contributed by atoms with Crippen LogP contribution in [0, 0.1) is 11.6 Å². The highest BCUT2D eigenvalue weighted by Crippen LogP contribution is 2.25. The van der Waals surface area contributed by atoms with Crippen LogP contribution >= 0.6 is 12.4 Å². The van der Waals surface area contributed by atoms with Crippen LogP contribution < -0.4 is 16.4 Å². The molecule has 118 valence electrons. The van der Waals surface area contributed by atoms with E-state index in [1.807, 2.05) is 0 Å². The maximum Gasteiger partial charge on any atom is 0.224 e. The molecule has 1 aromatic carbocycles. The zero-order chi connectivity index (χ0) is 15.3. The third-order valence-electron chi connectivity index (χ3n) is 2.47. The number of carbonyl (C=O) groups is 2. The van der Waals surface area contributed by atoms with Gasteiger partial charge in [-0.3, -0.25) is 9.59 Å². The van der Waals surface area contributed by atoms with Crippen molar-refractivity contribution in [1.29, 1.82) is 0 Å². The van der Waals surface area contributed by atoms with Crippen LogP contribution in [0.25, 0.3) is 0 Å². The highest BCUT2D eigenvalue weighted by atomic mass is 35.5. The van der Waals surface area contributed by atoms with Gasteiger partial charge in [-0.25, -0.2) is 8.78 Å². The lowest BCUT2D eigenvalue weighted by Gasteiger charge is -2.12. The summed E-state index contributed by atoms with van der Waals surface area (Å²) in [6.45, 7) is 2.98. The zero-order valence-corrected chi connectivity index (χ0v) is 12.5. The van der Waals surface area contributed by atoms with E-state index in [1.165, 1.54) is 6.92 Å². The van der Waals surface area contributed by atoms with E-state index in [1.54, 1.807) is 6.92 Å². The van der Waals surface area contributed by atoms with Gasteiger partial charge in [-0.1, -0.05) is 0 Å². The maximum absolute atomic E-state index is 13.2. The summed E-state index contributed by atoms with van der Waals surface area (Å²) in [4.78, 5) is 22.7. The first kappa shape index (κ1) is 19.3. The summed E-state index contributed by atoms with van der Waals surface area (Å²) in [5.41, 5.74) is 5.54. The van der Waals surface area contributed by atoms with E-state index in [2.05, 4.69) is 10.6 Å². The summed E-state index contributed by atoms with van der Waals surface area (Å²) in [6, 6.07) is 1.50. The molecule has 1 rings (SSSR count). The van der Waals surface area contributed by atoms with Crippen molar-refractivity contribution in [2.24, 2.45) is 5.73 Å². The Morgan fingerprint density at radius 1 is 1.19 bits per heavy atom. The van der Waals surface area contributed by atoms with Gasteiger partial charge < -0.3 is 16.4 Å². The molecule has 4 N–H and O–H groups in total. The van der Waals surface area contributed by atoms with Gasteiger partial charge in [0.05, 0.1) is 11.4 Å². The van der Waals surface area contributed by atoms with Crippen LogP contribution in [-0.4, -0.2) is 17.9 Å². The van der Waals surface area contributed by atoms with Gasteiger partial charge in [0.15, 0.2) is 11.6 Å². The molecule has 0 saturated heterocycles. The number of halogens is 3. The van der Waals surface area contributed by atoms with Gasteiger partial charge in [0.2, 0.25) is 11.8 Å². The molecule has 0 saturated carbocycles. The van der Waals surface area contributed by atoms with Gasteiger partial charge in [0.25, 0.3) is 0 Å². The molecule has 2 amide bonds. The van der Waals surface area contributed by atoms with E-state index in [-0.39, 0.29) is 42.2 Å². The molecule has 0 heterocycles. The molecule has 0 fully saturated rings. The zero-order valence-electron chi connectivity index (χ0n) is 11.7. The van der Waals surface area contributed by atoms with Crippen molar-refractivity contribution >= 4 is 35.6 Å². The molecule has 0 aliphatic heterocycles. The van der Waals surface area contributed by atoms with Crippen molar-refractivity contribution in [3.05, 3.63) is 23.8 Å². The van der Waals surface area contributed by atoms with Crippen LogP contribution in [0.1, 0.15) is 26.7 Å². The topological polar surface area (TPSA) is 84.2 Å². The highest BCUT2D eigenvalue weighted by molar-refractivity contribution is 5.98. The maximum atomic E-state index is 13.2. The summed E-state index contributed by atoms with van der Waals surface area (Å²) >= 11 is 0. The lowest BCUT2D eigenvalue weighted by molar-refractivity contribution is -0.116. The Hall–Kier alpha value is -1.73. The smallest absolute Gasteiger partial charge is 0.224 e. The van der Waals surface area contributed by atoms with E-state index >= 15 is 0 Å². The first-order valence-corrected chi connectivity index (χ1v) is 6.11. The molecule has 0 radical (unpaired) electrons. The fourth-order valence-corrected chi connectivity index (χ4v) is 1.51. The van der Waals surface area contributed by atoms with E-state index in [4.69, 9.17) is 5.73 Å². The predicted molar refractivity (Wildman–Crippen MR) is 79.4 cm³/mol. The van der Waals surface area contributed by atoms with Crippen LogP contribution in [-0.2, 0) is 9.59 Å². The summed E-state index contributed by atoms with van der Waals surface area (Å²) in [7, 11) is 0. The minimum atomic E-state index is -1.11. The molecule has 0 aromatic heterocycles. The number of benzene rings is 1. The first-order chi connectivity index (χ1) is 9.29. The van der Waals surface area contributed by atoms with Gasteiger partial charge in [0, 0.05) is 31.5 Å². The molecule has 1 aromatic rings. The molecule has 1 unspecified atom stereocenters. The average Bonchev–Trinajstić information content (AvgIpc) is 2.32. The van der Waals surface area contributed by atoms with Crippen molar-refractivity contribution in [2.75, 3.05) is 10.6 Å². The molecule has 1 atom stereocenters. The number of anilines is 2. The van der Waals surface area contributed by atoms with Crippen molar-refractivity contribution < 1.29 is 18.4 Å². The molecule has 0 spiro atoms. The molecular formula is C13H18ClF2N3O2. The van der Waals surface area contributed by atoms with Crippen molar-refractivity contribution in [3.63, 3.8) is 0 Å². The predicted octanol–water partition coefficient (Wildman–Crippen LogP) is 2.41. The van der Waals surface area contributed by atoms with Crippen LogP contribution in [0.15, 0.2) is 12.1 Å². The Morgan fingerprint density at radius 3 is 2.10 bits per heavy atom. The Balaban J connectivity index is 0.00000400. The van der Waals surface area contributed by atoms with E-state index in [9.17, 15) is 18.4 Å². The van der Waals surface area contributed by atoms with Crippen molar-refractivity contribution in [2.45, 2.75) is 32.7 Å². The minimum Gasteiger partial charge on any atom is -0.328 e. The van der Waals surface area contributed by atoms with Crippen LogP contribution in [0.4, 0.5) is 20.2 Å². The van der Waals surface area contributed by atoms with Crippen LogP contribution in [0.5, 0.6) is 0 Å². The molecule has 5 nitrogen and oxygen atoms in total. The molecule has 0 aliphatic carbocycles. The molecule has 0 bridgehead atoms. The molecule has 8 heteroatoms. The van der Waals surface area contributed by atoms with Crippen molar-refractivity contribution in [1.82, 2.24) is 0 Å². The number of nitrogens with two attached hydrogens (primary N) is 1. The number of hydrogen-bond acceptors (Lipinski definition) is 3. The number of hydrogen-bond donors (Lipinski definition) is 3. The first-order valence-electron chi connectivity index (χ1n) is 6.11. The molecule has 0 aliphatic rings. The quantitative estimate of drug-likeness (QED) is 0.778. The second-order valence-electron chi connectivity index (χ2n) is 4.56.